The summed E-state index contributed by atoms with van der Waals surface area (Å²) in [4.78, 5) is 26.6. The predicted octanol–water partition coefficient (Wildman–Crippen LogP) is 3.31. The largest absolute Gasteiger partial charge is 0.408 e. The van der Waals surface area contributed by atoms with Crippen LogP contribution in [-0.4, -0.2) is 25.6 Å². The summed E-state index contributed by atoms with van der Waals surface area (Å²) in [6.07, 6.45) is 0. The van der Waals surface area contributed by atoms with Crippen molar-refractivity contribution in [1.29, 1.82) is 0 Å². The third-order valence-electron chi connectivity index (χ3n) is 3.37. The number of halogens is 1. The van der Waals surface area contributed by atoms with Crippen LogP contribution >= 0.6 is 22.9 Å². The van der Waals surface area contributed by atoms with E-state index in [9.17, 15) is 14.9 Å². The van der Waals surface area contributed by atoms with Crippen LogP contribution in [0, 0.1) is 24.0 Å². The van der Waals surface area contributed by atoms with Crippen molar-refractivity contribution >= 4 is 50.0 Å². The summed E-state index contributed by atoms with van der Waals surface area (Å²) in [6.45, 7) is 3.36. The summed E-state index contributed by atoms with van der Waals surface area (Å²) in [5.74, 6) is -0.847. The standard InChI is InChI=1S/C14H12ClN5O3S/c1-7-3-4-9-10(5-7)24-14(16-9)17-11(21)6-19-8(2)12(15)13(18-19)20(22)23/h3-5H,6H2,1-2H3,(H,16,17,21). The van der Waals surface area contributed by atoms with Gasteiger partial charge in [-0.2, -0.15) is 4.68 Å². The fourth-order valence-electron chi connectivity index (χ4n) is 2.16. The number of thiazole rings is 1. The molecular weight excluding hydrogens is 354 g/mol. The molecule has 0 saturated heterocycles. The van der Waals surface area contributed by atoms with E-state index in [-0.39, 0.29) is 17.5 Å². The lowest BCUT2D eigenvalue weighted by Crippen LogP contribution is -2.20. The summed E-state index contributed by atoms with van der Waals surface area (Å²) in [5, 5.41) is 17.7. The Morgan fingerprint density at radius 3 is 2.88 bits per heavy atom. The summed E-state index contributed by atoms with van der Waals surface area (Å²) in [6, 6.07) is 5.82. The van der Waals surface area contributed by atoms with Gasteiger partial charge in [0, 0.05) is 0 Å². The van der Waals surface area contributed by atoms with Crippen LogP contribution in [0.25, 0.3) is 10.2 Å². The SMILES string of the molecule is Cc1ccc2nc(NC(=O)Cn3nc([N+](=O)[O-])c(Cl)c3C)sc2c1. The van der Waals surface area contributed by atoms with Crippen LogP contribution in [0.15, 0.2) is 18.2 Å². The molecule has 24 heavy (non-hydrogen) atoms. The van der Waals surface area contributed by atoms with E-state index in [4.69, 9.17) is 11.6 Å². The van der Waals surface area contributed by atoms with Gasteiger partial charge in [-0.15, -0.1) is 0 Å². The van der Waals surface area contributed by atoms with Gasteiger partial charge < -0.3 is 15.4 Å². The maximum atomic E-state index is 12.2. The lowest BCUT2D eigenvalue weighted by molar-refractivity contribution is -0.389. The molecule has 0 fully saturated rings. The number of nitro groups is 1. The van der Waals surface area contributed by atoms with Crippen LogP contribution in [0.5, 0.6) is 0 Å². The molecule has 3 aromatic rings. The molecule has 124 valence electrons. The number of rotatable bonds is 4. The first kappa shape index (κ1) is 16.3. The molecule has 0 atom stereocenters. The Morgan fingerprint density at radius 1 is 1.46 bits per heavy atom. The highest BCUT2D eigenvalue weighted by Crippen LogP contribution is 2.28. The maximum Gasteiger partial charge on any atom is 0.408 e. The molecule has 1 aromatic carbocycles. The van der Waals surface area contributed by atoms with Gasteiger partial charge >= 0.3 is 5.82 Å². The second-order valence-electron chi connectivity index (χ2n) is 5.18. The molecule has 2 heterocycles. The van der Waals surface area contributed by atoms with Crippen LogP contribution in [0.2, 0.25) is 5.02 Å². The van der Waals surface area contributed by atoms with E-state index in [0.29, 0.717) is 10.8 Å². The first-order chi connectivity index (χ1) is 11.3. The molecule has 10 heteroatoms. The van der Waals surface area contributed by atoms with Gasteiger partial charge in [-0.3, -0.25) is 4.79 Å². The zero-order valence-corrected chi connectivity index (χ0v) is 14.3. The van der Waals surface area contributed by atoms with E-state index in [1.54, 1.807) is 6.92 Å². The molecule has 3 rings (SSSR count). The average Bonchev–Trinajstić information content (AvgIpc) is 3.02. The smallest absolute Gasteiger partial charge is 0.358 e. The van der Waals surface area contributed by atoms with Crippen LogP contribution in [0.1, 0.15) is 11.3 Å². The summed E-state index contributed by atoms with van der Waals surface area (Å²) >= 11 is 7.21. The van der Waals surface area contributed by atoms with Crippen molar-refractivity contribution in [2.45, 2.75) is 20.4 Å². The van der Waals surface area contributed by atoms with E-state index < -0.39 is 10.7 Å². The van der Waals surface area contributed by atoms with Crippen molar-refractivity contribution in [1.82, 2.24) is 14.8 Å². The number of aryl methyl sites for hydroxylation is 1. The molecule has 0 saturated carbocycles. The third kappa shape index (κ3) is 3.08. The van der Waals surface area contributed by atoms with Gasteiger partial charge in [0.1, 0.15) is 6.54 Å². The topological polar surface area (TPSA) is 103 Å². The first-order valence-corrected chi connectivity index (χ1v) is 8.09. The highest BCUT2D eigenvalue weighted by molar-refractivity contribution is 7.22. The fraction of sp³-hybridized carbons (Fsp3) is 0.214. The molecule has 0 spiro atoms. The second kappa shape index (κ2) is 6.17. The van der Waals surface area contributed by atoms with Gasteiger partial charge in [0.15, 0.2) is 10.2 Å². The quantitative estimate of drug-likeness (QED) is 0.564. The molecule has 1 amide bonds. The van der Waals surface area contributed by atoms with Crippen LogP contribution in [0.4, 0.5) is 10.9 Å². The number of amides is 1. The Morgan fingerprint density at radius 2 is 2.21 bits per heavy atom. The minimum atomic E-state index is -0.681. The van der Waals surface area contributed by atoms with Crippen molar-refractivity contribution in [3.8, 4) is 0 Å². The number of fused-ring (bicyclic) bond motifs is 1. The summed E-state index contributed by atoms with van der Waals surface area (Å²) in [7, 11) is 0. The molecule has 0 bridgehead atoms. The number of nitrogens with one attached hydrogen (secondary N) is 1. The molecule has 0 aliphatic heterocycles. The van der Waals surface area contributed by atoms with Crippen molar-refractivity contribution in [2.75, 3.05) is 5.32 Å². The fourth-order valence-corrected chi connectivity index (χ4v) is 3.34. The van der Waals surface area contributed by atoms with Gasteiger partial charge in [-0.25, -0.2) is 4.98 Å². The molecule has 0 aliphatic rings. The zero-order valence-electron chi connectivity index (χ0n) is 12.7. The normalized spacial score (nSPS) is 11.0. The number of nitrogens with zero attached hydrogens (tertiary/aromatic N) is 4. The molecular formula is C14H12ClN5O3S. The Bertz CT molecular complexity index is 965. The number of aromatic nitrogens is 3. The van der Waals surface area contributed by atoms with Gasteiger partial charge in [0.2, 0.25) is 5.91 Å². The lowest BCUT2D eigenvalue weighted by Gasteiger charge is -2.00. The van der Waals surface area contributed by atoms with Crippen molar-refractivity contribution in [3.05, 3.63) is 44.6 Å². The predicted molar refractivity (Wildman–Crippen MR) is 91.6 cm³/mol. The van der Waals surface area contributed by atoms with Gasteiger partial charge in [0.25, 0.3) is 0 Å². The number of hydrogen-bond acceptors (Lipinski definition) is 6. The van der Waals surface area contributed by atoms with Crippen molar-refractivity contribution in [2.24, 2.45) is 0 Å². The Balaban J connectivity index is 1.77. The average molecular weight is 366 g/mol. The number of carbonyl (C=O) groups excluding carboxylic acids is 1. The molecule has 0 radical (unpaired) electrons. The Labute approximate surface area is 145 Å². The molecule has 0 aliphatic carbocycles. The molecule has 8 nitrogen and oxygen atoms in total. The molecule has 0 unspecified atom stereocenters. The van der Waals surface area contributed by atoms with E-state index in [1.165, 1.54) is 16.0 Å². The Hall–Kier alpha value is -2.52. The monoisotopic (exact) mass is 365 g/mol. The van der Waals surface area contributed by atoms with E-state index in [0.717, 1.165) is 15.8 Å². The van der Waals surface area contributed by atoms with Gasteiger partial charge in [-0.05, 0) is 36.5 Å². The van der Waals surface area contributed by atoms with Crippen LogP contribution < -0.4 is 5.32 Å². The highest BCUT2D eigenvalue weighted by atomic mass is 35.5. The highest BCUT2D eigenvalue weighted by Gasteiger charge is 2.25. The van der Waals surface area contributed by atoms with E-state index in [1.807, 2.05) is 25.1 Å². The zero-order chi connectivity index (χ0) is 17.4. The third-order valence-corrected chi connectivity index (χ3v) is 4.75. The van der Waals surface area contributed by atoms with Gasteiger partial charge in [0.05, 0.1) is 21.0 Å². The number of anilines is 1. The second-order valence-corrected chi connectivity index (χ2v) is 6.58. The maximum absolute atomic E-state index is 12.2. The van der Waals surface area contributed by atoms with Crippen LogP contribution in [-0.2, 0) is 11.3 Å². The first-order valence-electron chi connectivity index (χ1n) is 6.89. The summed E-state index contributed by atoms with van der Waals surface area (Å²) in [5.41, 5.74) is 2.27. The van der Waals surface area contributed by atoms with Crippen molar-refractivity contribution in [3.63, 3.8) is 0 Å². The minimum Gasteiger partial charge on any atom is -0.358 e. The Kier molecular flexibility index (Phi) is 4.20. The van der Waals surface area contributed by atoms with E-state index >= 15 is 0 Å². The minimum absolute atomic E-state index is 0.0664. The van der Waals surface area contributed by atoms with Crippen molar-refractivity contribution < 1.29 is 9.72 Å². The number of benzene rings is 1. The molecule has 1 N–H and O–H groups in total. The van der Waals surface area contributed by atoms with E-state index in [2.05, 4.69) is 15.4 Å². The van der Waals surface area contributed by atoms with Crippen LogP contribution in [0.3, 0.4) is 0 Å². The number of hydrogen-bond donors (Lipinski definition) is 1. The molecule has 2 aromatic heterocycles. The summed E-state index contributed by atoms with van der Waals surface area (Å²) < 4.78 is 2.17. The lowest BCUT2D eigenvalue weighted by atomic mass is 10.2. The van der Waals surface area contributed by atoms with Gasteiger partial charge in [-0.1, -0.05) is 29.0 Å². The number of carbonyl (C=O) groups is 1.